The summed E-state index contributed by atoms with van der Waals surface area (Å²) in [5.74, 6) is 0.784. The normalized spacial score (nSPS) is 13.8. The summed E-state index contributed by atoms with van der Waals surface area (Å²) in [6.07, 6.45) is 0. The summed E-state index contributed by atoms with van der Waals surface area (Å²) in [6.45, 7) is 2.34. The molecule has 0 bridgehead atoms. The van der Waals surface area contributed by atoms with Crippen molar-refractivity contribution >= 4 is 11.6 Å². The highest BCUT2D eigenvalue weighted by molar-refractivity contribution is 6.03. The first kappa shape index (κ1) is 18.7. The Hall–Kier alpha value is -3.07. The molecular formula is C18H22N4O5. The molecule has 9 heteroatoms. The number of anilines is 1. The van der Waals surface area contributed by atoms with Crippen molar-refractivity contribution in [3.63, 3.8) is 0 Å². The van der Waals surface area contributed by atoms with E-state index in [0.29, 0.717) is 18.0 Å². The number of carbonyl (C=O) groups excluding carboxylic acids is 1. The van der Waals surface area contributed by atoms with Crippen LogP contribution in [0.5, 0.6) is 11.5 Å². The van der Waals surface area contributed by atoms with Gasteiger partial charge in [-0.1, -0.05) is 6.07 Å². The fourth-order valence-corrected chi connectivity index (χ4v) is 2.96. The minimum atomic E-state index is -0.691. The molecule has 27 heavy (non-hydrogen) atoms. The van der Waals surface area contributed by atoms with Crippen LogP contribution in [0.1, 0.15) is 22.8 Å². The van der Waals surface area contributed by atoms with Crippen molar-refractivity contribution in [1.29, 1.82) is 0 Å². The smallest absolute Gasteiger partial charge is 0.332 e. The van der Waals surface area contributed by atoms with Gasteiger partial charge in [0.25, 0.3) is 5.56 Å². The average Bonchev–Trinajstić information content (AvgIpc) is 3.12. The molecule has 1 aliphatic heterocycles. The van der Waals surface area contributed by atoms with E-state index in [9.17, 15) is 14.4 Å². The Bertz CT molecular complexity index is 1020. The zero-order valence-corrected chi connectivity index (χ0v) is 15.7. The number of nitrogens with zero attached hydrogens (tertiary/aromatic N) is 3. The number of likely N-dealkylation sites (N-methyl/N-ethyl adjacent to an activating group) is 1. The highest BCUT2D eigenvalue weighted by Crippen LogP contribution is 2.32. The molecule has 3 rings (SSSR count). The van der Waals surface area contributed by atoms with Crippen molar-refractivity contribution in [2.24, 2.45) is 14.1 Å². The summed E-state index contributed by atoms with van der Waals surface area (Å²) >= 11 is 0. The first-order valence-electron chi connectivity index (χ1n) is 8.40. The lowest BCUT2D eigenvalue weighted by Gasteiger charge is -2.24. The molecule has 2 heterocycles. The molecule has 0 fully saturated rings. The second-order valence-electron chi connectivity index (χ2n) is 6.61. The van der Waals surface area contributed by atoms with Crippen LogP contribution in [0.2, 0.25) is 0 Å². The second-order valence-corrected chi connectivity index (χ2v) is 6.61. The van der Waals surface area contributed by atoms with Gasteiger partial charge in [-0.25, -0.2) is 4.79 Å². The number of benzene rings is 1. The van der Waals surface area contributed by atoms with Crippen LogP contribution in [-0.4, -0.2) is 39.7 Å². The van der Waals surface area contributed by atoms with Crippen LogP contribution >= 0.6 is 0 Å². The maximum Gasteiger partial charge on any atom is 0.332 e. The summed E-state index contributed by atoms with van der Waals surface area (Å²) in [6, 6.07) is 4.94. The third-order valence-corrected chi connectivity index (χ3v) is 4.87. The molecule has 2 aromatic rings. The van der Waals surface area contributed by atoms with Gasteiger partial charge < -0.3 is 15.2 Å². The van der Waals surface area contributed by atoms with Gasteiger partial charge in [0.05, 0.1) is 6.04 Å². The first-order valence-corrected chi connectivity index (χ1v) is 8.40. The van der Waals surface area contributed by atoms with Crippen LogP contribution in [0.15, 0.2) is 27.8 Å². The van der Waals surface area contributed by atoms with Gasteiger partial charge in [0.15, 0.2) is 17.3 Å². The number of nitrogen functional groups attached to an aromatic ring is 1. The average molecular weight is 374 g/mol. The number of nitrogens with two attached hydrogens (primary N) is 1. The lowest BCUT2D eigenvalue weighted by molar-refractivity contribution is 0.0860. The van der Waals surface area contributed by atoms with E-state index in [0.717, 1.165) is 14.7 Å². The van der Waals surface area contributed by atoms with E-state index < -0.39 is 23.1 Å². The predicted molar refractivity (Wildman–Crippen MR) is 99.2 cm³/mol. The minimum Gasteiger partial charge on any atom is -0.454 e. The molecule has 9 nitrogen and oxygen atoms in total. The van der Waals surface area contributed by atoms with E-state index in [4.69, 9.17) is 15.2 Å². The molecule has 1 unspecified atom stereocenters. The van der Waals surface area contributed by atoms with Crippen molar-refractivity contribution in [3.05, 3.63) is 50.2 Å². The van der Waals surface area contributed by atoms with E-state index in [1.807, 2.05) is 18.2 Å². The molecule has 0 radical (unpaired) electrons. The number of hydrogen-bond acceptors (Lipinski definition) is 7. The topological polar surface area (TPSA) is 109 Å². The van der Waals surface area contributed by atoms with Crippen molar-refractivity contribution in [1.82, 2.24) is 14.0 Å². The van der Waals surface area contributed by atoms with E-state index in [-0.39, 0.29) is 18.2 Å². The second kappa shape index (κ2) is 6.92. The molecule has 0 saturated carbocycles. The van der Waals surface area contributed by atoms with E-state index in [1.54, 1.807) is 18.9 Å². The maximum absolute atomic E-state index is 12.9. The number of ketones is 1. The Kier molecular flexibility index (Phi) is 4.79. The number of Topliss-reactive ketones (excluding diaryl/α,β-unsaturated/α-hetero) is 1. The molecule has 1 aliphatic rings. The van der Waals surface area contributed by atoms with Crippen LogP contribution in [0, 0.1) is 0 Å². The number of fused-ring (bicyclic) bond motifs is 1. The third kappa shape index (κ3) is 3.21. The molecule has 144 valence electrons. The van der Waals surface area contributed by atoms with Crippen molar-refractivity contribution in [2.75, 3.05) is 19.6 Å². The Morgan fingerprint density at radius 2 is 1.89 bits per heavy atom. The number of ether oxygens (including phenoxy) is 2. The summed E-state index contributed by atoms with van der Waals surface area (Å²) in [5.41, 5.74) is 5.38. The number of aromatic nitrogens is 2. The largest absolute Gasteiger partial charge is 0.454 e. The molecule has 2 N–H and O–H groups in total. The zero-order chi connectivity index (χ0) is 19.9. The summed E-state index contributed by atoms with van der Waals surface area (Å²) in [4.78, 5) is 39.1. The molecule has 1 atom stereocenters. The van der Waals surface area contributed by atoms with Crippen LogP contribution < -0.4 is 26.5 Å². The Balaban J connectivity index is 1.85. The first-order chi connectivity index (χ1) is 12.7. The van der Waals surface area contributed by atoms with E-state index in [2.05, 4.69) is 0 Å². The summed E-state index contributed by atoms with van der Waals surface area (Å²) < 4.78 is 12.6. The number of rotatable bonds is 5. The summed E-state index contributed by atoms with van der Waals surface area (Å²) in [5, 5.41) is 0. The van der Waals surface area contributed by atoms with E-state index in [1.165, 1.54) is 14.1 Å². The fraction of sp³-hybridized carbons (Fsp3) is 0.389. The zero-order valence-electron chi connectivity index (χ0n) is 15.7. The molecule has 1 aromatic carbocycles. The predicted octanol–water partition coefficient (Wildman–Crippen LogP) is 0.0981. The van der Waals surface area contributed by atoms with Crippen LogP contribution in [0.4, 0.5) is 5.82 Å². The Labute approximate surface area is 155 Å². The molecular weight excluding hydrogens is 352 g/mol. The molecule has 0 aliphatic carbocycles. The fourth-order valence-electron chi connectivity index (χ4n) is 2.96. The number of hydrogen-bond donors (Lipinski definition) is 1. The van der Waals surface area contributed by atoms with Crippen LogP contribution in [0.25, 0.3) is 0 Å². The van der Waals surface area contributed by atoms with Gasteiger partial charge in [0.1, 0.15) is 11.4 Å². The van der Waals surface area contributed by atoms with Gasteiger partial charge in [-0.2, -0.15) is 0 Å². The monoisotopic (exact) mass is 374 g/mol. The lowest BCUT2D eigenvalue weighted by Crippen LogP contribution is -2.45. The molecule has 0 saturated heterocycles. The highest BCUT2D eigenvalue weighted by atomic mass is 16.7. The van der Waals surface area contributed by atoms with Crippen molar-refractivity contribution in [3.8, 4) is 11.5 Å². The van der Waals surface area contributed by atoms with Gasteiger partial charge >= 0.3 is 5.69 Å². The van der Waals surface area contributed by atoms with Gasteiger partial charge in [-0.3, -0.25) is 23.6 Å². The SMILES string of the molecule is CC(C(=O)c1c(N)n(C)c(=O)n(C)c1=O)N(C)Cc1ccc2c(c1)OCO2. The lowest BCUT2D eigenvalue weighted by atomic mass is 10.1. The Morgan fingerprint density at radius 1 is 1.22 bits per heavy atom. The highest BCUT2D eigenvalue weighted by Gasteiger charge is 2.27. The van der Waals surface area contributed by atoms with Crippen molar-refractivity contribution < 1.29 is 14.3 Å². The van der Waals surface area contributed by atoms with Gasteiger partial charge in [0, 0.05) is 20.6 Å². The molecule has 1 aromatic heterocycles. The third-order valence-electron chi connectivity index (χ3n) is 4.87. The Morgan fingerprint density at radius 3 is 2.59 bits per heavy atom. The quantitative estimate of drug-likeness (QED) is 0.739. The molecule has 0 amide bonds. The summed E-state index contributed by atoms with van der Waals surface area (Å²) in [7, 11) is 4.52. The minimum absolute atomic E-state index is 0.128. The maximum atomic E-state index is 12.9. The van der Waals surface area contributed by atoms with Crippen LogP contribution in [-0.2, 0) is 20.6 Å². The number of carbonyl (C=O) groups is 1. The molecule has 0 spiro atoms. The van der Waals surface area contributed by atoms with Crippen LogP contribution in [0.3, 0.4) is 0 Å². The van der Waals surface area contributed by atoms with Gasteiger partial charge in [-0.05, 0) is 31.7 Å². The van der Waals surface area contributed by atoms with Crippen molar-refractivity contribution in [2.45, 2.75) is 19.5 Å². The van der Waals surface area contributed by atoms with E-state index >= 15 is 0 Å². The van der Waals surface area contributed by atoms with Gasteiger partial charge in [-0.15, -0.1) is 0 Å². The standard InChI is InChI=1S/C18H22N4O5/c1-10(15(23)14-16(19)21(3)18(25)22(4)17(14)24)20(2)8-11-5-6-12-13(7-11)27-9-26-12/h5-7,10H,8-9,19H2,1-4H3. The van der Waals surface area contributed by atoms with Gasteiger partial charge in [0.2, 0.25) is 6.79 Å².